The molecule has 0 atom stereocenters. The van der Waals surface area contributed by atoms with Crippen LogP contribution in [-0.2, 0) is 12.3 Å². The van der Waals surface area contributed by atoms with E-state index in [1.165, 1.54) is 16.7 Å². The maximum atomic E-state index is 6.19. The van der Waals surface area contributed by atoms with Gasteiger partial charge in [-0.1, -0.05) is 59.3 Å². The van der Waals surface area contributed by atoms with Crippen LogP contribution in [0.5, 0.6) is 0 Å². The number of hydrogen-bond donors (Lipinski definition) is 0. The topological polar surface area (TPSA) is 43.9 Å². The first-order valence-corrected chi connectivity index (χ1v) is 10.4. The second-order valence-electron chi connectivity index (χ2n) is 6.70. The fourth-order valence-corrected chi connectivity index (χ4v) is 4.23. The van der Waals surface area contributed by atoms with Crippen LogP contribution in [-0.4, -0.2) is 14.8 Å². The Balaban J connectivity index is 1.67. The molecule has 0 aliphatic heterocycles. The summed E-state index contributed by atoms with van der Waals surface area (Å²) in [7, 11) is 0. The molecule has 0 aliphatic carbocycles. The number of furan rings is 1. The van der Waals surface area contributed by atoms with Crippen molar-refractivity contribution < 1.29 is 4.42 Å². The summed E-state index contributed by atoms with van der Waals surface area (Å²) in [5, 5.41) is 10.4. The summed E-state index contributed by atoms with van der Waals surface area (Å²) in [5.74, 6) is 2.47. The highest BCUT2D eigenvalue weighted by Gasteiger charge is 2.16. The number of benzene rings is 2. The predicted octanol–water partition coefficient (Wildman–Crippen LogP) is 6.15. The van der Waals surface area contributed by atoms with Gasteiger partial charge in [0.25, 0.3) is 0 Å². The van der Waals surface area contributed by atoms with Gasteiger partial charge in [-0.05, 0) is 49.2 Å². The Bertz CT molecular complexity index is 1090. The number of rotatable bonds is 6. The van der Waals surface area contributed by atoms with Crippen molar-refractivity contribution in [2.45, 2.75) is 31.3 Å². The molecule has 0 saturated heterocycles. The largest absolute Gasteiger partial charge is 0.467 e. The van der Waals surface area contributed by atoms with Crippen LogP contribution in [0.25, 0.3) is 11.4 Å². The van der Waals surface area contributed by atoms with Gasteiger partial charge in [-0.25, -0.2) is 0 Å². The molecule has 0 N–H and O–H groups in total. The minimum Gasteiger partial charge on any atom is -0.467 e. The van der Waals surface area contributed by atoms with Crippen LogP contribution in [0, 0.1) is 13.8 Å². The van der Waals surface area contributed by atoms with Crippen molar-refractivity contribution in [3.05, 3.63) is 88.3 Å². The Morgan fingerprint density at radius 3 is 2.71 bits per heavy atom. The van der Waals surface area contributed by atoms with Crippen LogP contribution < -0.4 is 0 Å². The van der Waals surface area contributed by atoms with Crippen molar-refractivity contribution in [1.82, 2.24) is 14.8 Å². The summed E-state index contributed by atoms with van der Waals surface area (Å²) < 4.78 is 7.65. The number of aromatic nitrogens is 3. The molecule has 142 valence electrons. The molecule has 0 saturated carbocycles. The molecule has 6 heteroatoms. The first-order valence-electron chi connectivity index (χ1n) is 9.00. The summed E-state index contributed by atoms with van der Waals surface area (Å²) in [6, 6.07) is 18.1. The molecular weight excluding hydrogens is 390 g/mol. The van der Waals surface area contributed by atoms with Crippen molar-refractivity contribution in [3.63, 3.8) is 0 Å². The van der Waals surface area contributed by atoms with Crippen molar-refractivity contribution in [3.8, 4) is 11.4 Å². The Hall–Kier alpha value is -2.50. The summed E-state index contributed by atoms with van der Waals surface area (Å²) in [4.78, 5) is 0. The van der Waals surface area contributed by atoms with Crippen LogP contribution >= 0.6 is 23.4 Å². The SMILES string of the molecule is Cc1ccc(C)c(CSc2nnc(-c3cccc(Cl)c3)n2Cc2ccco2)c1. The average Bonchev–Trinajstić information content (AvgIpc) is 3.33. The van der Waals surface area contributed by atoms with Gasteiger partial charge in [0.2, 0.25) is 0 Å². The van der Waals surface area contributed by atoms with Crippen LogP contribution in [0.4, 0.5) is 0 Å². The summed E-state index contributed by atoms with van der Waals surface area (Å²) in [6.07, 6.45) is 1.68. The van der Waals surface area contributed by atoms with E-state index in [4.69, 9.17) is 16.0 Å². The van der Waals surface area contributed by atoms with Crippen LogP contribution in [0.3, 0.4) is 0 Å². The lowest BCUT2D eigenvalue weighted by Crippen LogP contribution is -2.03. The van der Waals surface area contributed by atoms with E-state index in [9.17, 15) is 0 Å². The first-order chi connectivity index (χ1) is 13.6. The maximum absolute atomic E-state index is 6.19. The molecular formula is C22H20ClN3OS. The highest BCUT2D eigenvalue weighted by Crippen LogP contribution is 2.29. The minimum atomic E-state index is 0.566. The van der Waals surface area contributed by atoms with Gasteiger partial charge in [0, 0.05) is 16.3 Å². The van der Waals surface area contributed by atoms with Crippen LogP contribution in [0.1, 0.15) is 22.5 Å². The van der Waals surface area contributed by atoms with Crippen LogP contribution in [0.2, 0.25) is 5.02 Å². The zero-order chi connectivity index (χ0) is 19.5. The van der Waals surface area contributed by atoms with Gasteiger partial charge in [-0.2, -0.15) is 0 Å². The molecule has 0 unspecified atom stereocenters. The Morgan fingerprint density at radius 2 is 1.93 bits per heavy atom. The molecule has 28 heavy (non-hydrogen) atoms. The molecule has 0 aliphatic rings. The van der Waals surface area contributed by atoms with Gasteiger partial charge >= 0.3 is 0 Å². The number of hydrogen-bond acceptors (Lipinski definition) is 4. The normalized spacial score (nSPS) is 11.1. The molecule has 2 aromatic heterocycles. The predicted molar refractivity (Wildman–Crippen MR) is 114 cm³/mol. The van der Waals surface area contributed by atoms with E-state index in [-0.39, 0.29) is 0 Å². The molecule has 2 aromatic carbocycles. The number of aryl methyl sites for hydroxylation is 2. The molecule has 4 rings (SSSR count). The van der Waals surface area contributed by atoms with Crippen molar-refractivity contribution in [2.75, 3.05) is 0 Å². The van der Waals surface area contributed by atoms with E-state index in [0.29, 0.717) is 11.6 Å². The highest BCUT2D eigenvalue weighted by molar-refractivity contribution is 7.98. The maximum Gasteiger partial charge on any atom is 0.192 e. The monoisotopic (exact) mass is 409 g/mol. The lowest BCUT2D eigenvalue weighted by Gasteiger charge is -2.10. The molecule has 0 fully saturated rings. The summed E-state index contributed by atoms with van der Waals surface area (Å²) in [5.41, 5.74) is 4.79. The van der Waals surface area contributed by atoms with Gasteiger partial charge in [-0.3, -0.25) is 4.57 Å². The molecule has 0 amide bonds. The van der Waals surface area contributed by atoms with E-state index in [1.54, 1.807) is 18.0 Å². The van der Waals surface area contributed by atoms with Gasteiger partial charge < -0.3 is 4.42 Å². The molecule has 4 aromatic rings. The van der Waals surface area contributed by atoms with Crippen LogP contribution in [0.15, 0.2) is 70.4 Å². The molecule has 2 heterocycles. The summed E-state index contributed by atoms with van der Waals surface area (Å²) >= 11 is 7.87. The summed E-state index contributed by atoms with van der Waals surface area (Å²) in [6.45, 7) is 4.82. The third-order valence-corrected chi connectivity index (χ3v) is 5.81. The molecule has 0 radical (unpaired) electrons. The Morgan fingerprint density at radius 1 is 1.04 bits per heavy atom. The van der Waals surface area contributed by atoms with E-state index in [0.717, 1.165) is 28.1 Å². The van der Waals surface area contributed by atoms with Gasteiger partial charge in [-0.15, -0.1) is 10.2 Å². The Labute approximate surface area is 173 Å². The van der Waals surface area contributed by atoms with E-state index in [1.807, 2.05) is 36.4 Å². The zero-order valence-electron chi connectivity index (χ0n) is 15.7. The van der Waals surface area contributed by atoms with E-state index in [2.05, 4.69) is 46.8 Å². The second-order valence-corrected chi connectivity index (χ2v) is 8.08. The van der Waals surface area contributed by atoms with Gasteiger partial charge in [0.1, 0.15) is 5.76 Å². The third-order valence-electron chi connectivity index (χ3n) is 4.56. The van der Waals surface area contributed by atoms with Gasteiger partial charge in [0.15, 0.2) is 11.0 Å². The van der Waals surface area contributed by atoms with Gasteiger partial charge in [0.05, 0.1) is 12.8 Å². The average molecular weight is 410 g/mol. The smallest absolute Gasteiger partial charge is 0.192 e. The lowest BCUT2D eigenvalue weighted by atomic mass is 10.1. The molecule has 0 spiro atoms. The third kappa shape index (κ3) is 4.16. The highest BCUT2D eigenvalue weighted by atomic mass is 35.5. The molecule has 4 nitrogen and oxygen atoms in total. The quantitative estimate of drug-likeness (QED) is 0.358. The van der Waals surface area contributed by atoms with Crippen molar-refractivity contribution in [2.24, 2.45) is 0 Å². The first kappa shape index (κ1) is 18.8. The Kier molecular flexibility index (Phi) is 5.55. The second kappa shape index (κ2) is 8.25. The number of nitrogens with zero attached hydrogens (tertiary/aromatic N) is 3. The molecule has 0 bridgehead atoms. The lowest BCUT2D eigenvalue weighted by molar-refractivity contribution is 0.485. The minimum absolute atomic E-state index is 0.566. The van der Waals surface area contributed by atoms with Crippen molar-refractivity contribution in [1.29, 1.82) is 0 Å². The van der Waals surface area contributed by atoms with E-state index < -0.39 is 0 Å². The number of halogens is 1. The van der Waals surface area contributed by atoms with E-state index >= 15 is 0 Å². The fraction of sp³-hybridized carbons (Fsp3) is 0.182. The number of thioether (sulfide) groups is 1. The fourth-order valence-electron chi connectivity index (χ4n) is 3.04. The van der Waals surface area contributed by atoms with Crippen molar-refractivity contribution >= 4 is 23.4 Å². The zero-order valence-corrected chi connectivity index (χ0v) is 17.3. The standard InChI is InChI=1S/C22H20ClN3OS/c1-15-8-9-16(2)18(11-15)14-28-22-25-24-21(17-5-3-6-19(23)12-17)26(22)13-20-7-4-10-27-20/h3-12H,13-14H2,1-2H3.